The van der Waals surface area contributed by atoms with Crippen molar-refractivity contribution in [1.29, 1.82) is 0 Å². The summed E-state index contributed by atoms with van der Waals surface area (Å²) in [7, 11) is 0. The summed E-state index contributed by atoms with van der Waals surface area (Å²) in [6.45, 7) is 2.24. The number of rotatable bonds is 8. The topological polar surface area (TPSA) is 12.9 Å². The zero-order chi connectivity index (χ0) is 11.6. The Bertz CT molecular complexity index is 261. The number of hydrogen-bond acceptors (Lipinski definition) is 1. The molecule has 0 saturated carbocycles. The van der Waals surface area contributed by atoms with Crippen molar-refractivity contribution in [2.24, 2.45) is 0 Å². The molecule has 0 saturated heterocycles. The molecule has 1 rings (SSSR count). The molecule has 1 atom stereocenters. The van der Waals surface area contributed by atoms with Crippen molar-refractivity contribution in [3.05, 3.63) is 30.1 Å². The van der Waals surface area contributed by atoms with Gasteiger partial charge in [0.05, 0.1) is 0 Å². The molecule has 0 N–H and O–H groups in total. The maximum absolute atomic E-state index is 6.31. The first-order valence-corrected chi connectivity index (χ1v) is 6.79. The highest BCUT2D eigenvalue weighted by Gasteiger charge is 2.05. The Morgan fingerprint density at radius 3 is 2.50 bits per heavy atom. The van der Waals surface area contributed by atoms with Gasteiger partial charge in [-0.15, -0.1) is 11.6 Å². The second kappa shape index (κ2) is 8.58. The zero-order valence-corrected chi connectivity index (χ0v) is 10.9. The number of aromatic nitrogens is 1. The highest BCUT2D eigenvalue weighted by atomic mass is 35.5. The number of halogens is 1. The van der Waals surface area contributed by atoms with Gasteiger partial charge in [-0.1, -0.05) is 39.0 Å². The molecule has 1 nitrogen and oxygen atoms in total. The minimum absolute atomic E-state index is 0.282. The smallest absolute Gasteiger partial charge is 0.0376 e. The van der Waals surface area contributed by atoms with Crippen LogP contribution in [0.15, 0.2) is 24.5 Å². The van der Waals surface area contributed by atoms with Crippen LogP contribution in [0, 0.1) is 0 Å². The van der Waals surface area contributed by atoms with Crippen LogP contribution in [0.1, 0.15) is 51.0 Å². The van der Waals surface area contributed by atoms with E-state index in [0.29, 0.717) is 0 Å². The SMILES string of the molecule is CCCCCCCC(Cl)Cc1ccncc1. The third-order valence-corrected chi connectivity index (χ3v) is 3.20. The van der Waals surface area contributed by atoms with Gasteiger partial charge in [-0.05, 0) is 30.5 Å². The van der Waals surface area contributed by atoms with E-state index in [1.807, 2.05) is 24.5 Å². The summed E-state index contributed by atoms with van der Waals surface area (Å²) in [6, 6.07) is 4.10. The van der Waals surface area contributed by atoms with E-state index in [9.17, 15) is 0 Å². The molecular weight excluding hydrogens is 218 g/mol. The van der Waals surface area contributed by atoms with E-state index in [-0.39, 0.29) is 5.38 Å². The molecular formula is C14H22ClN. The predicted molar refractivity (Wildman–Crippen MR) is 71.0 cm³/mol. The largest absolute Gasteiger partial charge is 0.265 e. The molecule has 0 amide bonds. The van der Waals surface area contributed by atoms with Gasteiger partial charge in [-0.3, -0.25) is 4.98 Å². The Kier molecular flexibility index (Phi) is 7.24. The molecule has 0 aromatic carbocycles. The molecule has 0 spiro atoms. The molecule has 0 radical (unpaired) electrons. The van der Waals surface area contributed by atoms with Crippen molar-refractivity contribution < 1.29 is 0 Å². The number of alkyl halides is 1. The van der Waals surface area contributed by atoms with Crippen LogP contribution in [0.25, 0.3) is 0 Å². The summed E-state index contributed by atoms with van der Waals surface area (Å²) in [6.07, 6.45) is 12.4. The molecule has 0 aliphatic heterocycles. The highest BCUT2D eigenvalue weighted by molar-refractivity contribution is 6.20. The van der Waals surface area contributed by atoms with Crippen molar-refractivity contribution in [2.45, 2.75) is 57.2 Å². The van der Waals surface area contributed by atoms with E-state index in [1.165, 1.54) is 37.7 Å². The molecule has 0 aliphatic carbocycles. The van der Waals surface area contributed by atoms with Crippen LogP contribution in [0.4, 0.5) is 0 Å². The van der Waals surface area contributed by atoms with Gasteiger partial charge in [0.1, 0.15) is 0 Å². The van der Waals surface area contributed by atoms with Gasteiger partial charge in [0.2, 0.25) is 0 Å². The fraction of sp³-hybridized carbons (Fsp3) is 0.643. The fourth-order valence-corrected chi connectivity index (χ4v) is 2.18. The molecule has 1 aromatic heterocycles. The molecule has 1 heterocycles. The average Bonchev–Trinajstić information content (AvgIpc) is 2.30. The first-order chi connectivity index (χ1) is 7.83. The molecule has 2 heteroatoms. The van der Waals surface area contributed by atoms with Gasteiger partial charge in [0, 0.05) is 17.8 Å². The first-order valence-electron chi connectivity index (χ1n) is 6.36. The minimum Gasteiger partial charge on any atom is -0.265 e. The third kappa shape index (κ3) is 6.12. The van der Waals surface area contributed by atoms with Gasteiger partial charge in [-0.25, -0.2) is 0 Å². The number of hydrogen-bond donors (Lipinski definition) is 0. The highest BCUT2D eigenvalue weighted by Crippen LogP contribution is 2.15. The lowest BCUT2D eigenvalue weighted by atomic mass is 10.0. The van der Waals surface area contributed by atoms with Crippen LogP contribution in [0.3, 0.4) is 0 Å². The monoisotopic (exact) mass is 239 g/mol. The Hall–Kier alpha value is -0.560. The van der Waals surface area contributed by atoms with Crippen molar-refractivity contribution in [2.75, 3.05) is 0 Å². The molecule has 0 bridgehead atoms. The van der Waals surface area contributed by atoms with E-state index in [4.69, 9.17) is 11.6 Å². The molecule has 90 valence electrons. The number of pyridine rings is 1. The van der Waals surface area contributed by atoms with E-state index in [0.717, 1.165) is 12.8 Å². The van der Waals surface area contributed by atoms with E-state index in [1.54, 1.807) is 0 Å². The van der Waals surface area contributed by atoms with Crippen molar-refractivity contribution in [3.63, 3.8) is 0 Å². The standard InChI is InChI=1S/C14H22ClN/c1-2-3-4-5-6-7-14(15)12-13-8-10-16-11-9-13/h8-11,14H,2-7,12H2,1H3. The summed E-state index contributed by atoms with van der Waals surface area (Å²) < 4.78 is 0. The molecule has 0 aliphatic rings. The first kappa shape index (κ1) is 13.5. The maximum atomic E-state index is 6.31. The molecule has 0 fully saturated rings. The molecule has 1 aromatic rings. The van der Waals surface area contributed by atoms with Crippen LogP contribution in [0.5, 0.6) is 0 Å². The lowest BCUT2D eigenvalue weighted by Gasteiger charge is -2.08. The molecule has 1 unspecified atom stereocenters. The van der Waals surface area contributed by atoms with Crippen LogP contribution in [-0.2, 0) is 6.42 Å². The van der Waals surface area contributed by atoms with E-state index < -0.39 is 0 Å². The maximum Gasteiger partial charge on any atom is 0.0376 e. The van der Waals surface area contributed by atoms with Gasteiger partial charge in [0.15, 0.2) is 0 Å². The number of unbranched alkanes of at least 4 members (excludes halogenated alkanes) is 4. The summed E-state index contributed by atoms with van der Waals surface area (Å²) in [4.78, 5) is 4.01. The quantitative estimate of drug-likeness (QED) is 0.478. The summed E-state index contributed by atoms with van der Waals surface area (Å²) in [5.74, 6) is 0. The Labute approximate surface area is 104 Å². The Balaban J connectivity index is 2.09. The second-order valence-electron chi connectivity index (χ2n) is 4.36. The summed E-state index contributed by atoms with van der Waals surface area (Å²) in [5, 5.41) is 0.282. The van der Waals surface area contributed by atoms with Gasteiger partial charge >= 0.3 is 0 Å². The lowest BCUT2D eigenvalue weighted by Crippen LogP contribution is -2.03. The number of nitrogens with zero attached hydrogens (tertiary/aromatic N) is 1. The summed E-state index contributed by atoms with van der Waals surface area (Å²) in [5.41, 5.74) is 1.29. The van der Waals surface area contributed by atoms with Crippen LogP contribution < -0.4 is 0 Å². The zero-order valence-electron chi connectivity index (χ0n) is 10.2. The Morgan fingerprint density at radius 1 is 1.12 bits per heavy atom. The van der Waals surface area contributed by atoms with Crippen LogP contribution >= 0.6 is 11.6 Å². The van der Waals surface area contributed by atoms with E-state index in [2.05, 4.69) is 11.9 Å². The van der Waals surface area contributed by atoms with Gasteiger partial charge < -0.3 is 0 Å². The van der Waals surface area contributed by atoms with Gasteiger partial charge in [-0.2, -0.15) is 0 Å². The molecule has 16 heavy (non-hydrogen) atoms. The average molecular weight is 240 g/mol. The van der Waals surface area contributed by atoms with Crippen molar-refractivity contribution in [3.8, 4) is 0 Å². The predicted octanol–water partition coefficient (Wildman–Crippen LogP) is 4.59. The minimum atomic E-state index is 0.282. The van der Waals surface area contributed by atoms with Gasteiger partial charge in [0.25, 0.3) is 0 Å². The van der Waals surface area contributed by atoms with E-state index >= 15 is 0 Å². The van der Waals surface area contributed by atoms with Crippen molar-refractivity contribution in [1.82, 2.24) is 4.98 Å². The fourth-order valence-electron chi connectivity index (χ4n) is 1.85. The normalized spacial score (nSPS) is 12.6. The lowest BCUT2D eigenvalue weighted by molar-refractivity contribution is 0.593. The third-order valence-electron chi connectivity index (χ3n) is 2.83. The Morgan fingerprint density at radius 2 is 1.81 bits per heavy atom. The second-order valence-corrected chi connectivity index (χ2v) is 4.98. The van der Waals surface area contributed by atoms with Crippen LogP contribution in [-0.4, -0.2) is 10.4 Å². The summed E-state index contributed by atoms with van der Waals surface area (Å²) >= 11 is 6.31. The van der Waals surface area contributed by atoms with Crippen molar-refractivity contribution >= 4 is 11.6 Å². The van der Waals surface area contributed by atoms with Crippen LogP contribution in [0.2, 0.25) is 0 Å².